The van der Waals surface area contributed by atoms with Crippen LogP contribution in [0.1, 0.15) is 20.8 Å². The van der Waals surface area contributed by atoms with Crippen molar-refractivity contribution in [3.8, 4) is 0 Å². The minimum absolute atomic E-state index is 0.624. The fraction of sp³-hybridized carbons (Fsp3) is 1.00. The summed E-state index contributed by atoms with van der Waals surface area (Å²) in [7, 11) is 0. The molecule has 0 amide bonds. The molecule has 0 saturated heterocycles. The Hall–Kier alpha value is 0.270. The maximum Gasteiger partial charge on any atom is 0.00586 e. The Balaban J connectivity index is 2.82. The van der Waals surface area contributed by atoms with Crippen molar-refractivity contribution < 1.29 is 0 Å². The van der Waals surface area contributed by atoms with Crippen LogP contribution in [0.2, 0.25) is 0 Å². The molecule has 0 aliphatic carbocycles. The smallest absolute Gasteiger partial charge is 0.00586 e. The standard InChI is InChI=1S/C9H22N2S/c1-4-10-5-7-12-8-6-11-9(2)3/h9-11H,4-8H2,1-3H3. The van der Waals surface area contributed by atoms with Gasteiger partial charge in [-0.15, -0.1) is 0 Å². The van der Waals surface area contributed by atoms with E-state index in [2.05, 4.69) is 31.4 Å². The zero-order valence-electron chi connectivity index (χ0n) is 8.52. The van der Waals surface area contributed by atoms with Crippen LogP contribution in [-0.2, 0) is 0 Å². The molecular formula is C9H22N2S. The summed E-state index contributed by atoms with van der Waals surface area (Å²) in [5.41, 5.74) is 0. The van der Waals surface area contributed by atoms with Crippen LogP contribution in [-0.4, -0.2) is 37.2 Å². The van der Waals surface area contributed by atoms with E-state index < -0.39 is 0 Å². The van der Waals surface area contributed by atoms with Crippen LogP contribution in [0, 0.1) is 0 Å². The van der Waals surface area contributed by atoms with E-state index in [4.69, 9.17) is 0 Å². The van der Waals surface area contributed by atoms with E-state index in [0.717, 1.165) is 19.6 Å². The molecule has 0 spiro atoms. The van der Waals surface area contributed by atoms with Gasteiger partial charge in [0.1, 0.15) is 0 Å². The van der Waals surface area contributed by atoms with Gasteiger partial charge in [-0.3, -0.25) is 0 Å². The minimum Gasteiger partial charge on any atom is -0.316 e. The van der Waals surface area contributed by atoms with E-state index in [-0.39, 0.29) is 0 Å². The first-order valence-electron chi connectivity index (χ1n) is 4.79. The van der Waals surface area contributed by atoms with Crippen LogP contribution in [0.25, 0.3) is 0 Å². The highest BCUT2D eigenvalue weighted by atomic mass is 32.2. The van der Waals surface area contributed by atoms with Crippen molar-refractivity contribution in [1.29, 1.82) is 0 Å². The van der Waals surface area contributed by atoms with Gasteiger partial charge in [0.05, 0.1) is 0 Å². The molecule has 0 radical (unpaired) electrons. The Kier molecular flexibility index (Phi) is 9.57. The number of thioether (sulfide) groups is 1. The zero-order chi connectivity index (χ0) is 9.23. The largest absolute Gasteiger partial charge is 0.316 e. The van der Waals surface area contributed by atoms with Gasteiger partial charge in [0.25, 0.3) is 0 Å². The van der Waals surface area contributed by atoms with Crippen molar-refractivity contribution in [3.05, 3.63) is 0 Å². The third-order valence-corrected chi connectivity index (χ3v) is 2.46. The Morgan fingerprint density at radius 3 is 2.42 bits per heavy atom. The SMILES string of the molecule is CCNCCSCCNC(C)C. The van der Waals surface area contributed by atoms with Crippen molar-refractivity contribution in [1.82, 2.24) is 10.6 Å². The predicted molar refractivity (Wildman–Crippen MR) is 59.0 cm³/mol. The fourth-order valence-electron chi connectivity index (χ4n) is 0.843. The van der Waals surface area contributed by atoms with Gasteiger partial charge in [0.2, 0.25) is 0 Å². The lowest BCUT2D eigenvalue weighted by atomic mass is 10.4. The van der Waals surface area contributed by atoms with Crippen molar-refractivity contribution in [2.45, 2.75) is 26.8 Å². The summed E-state index contributed by atoms with van der Waals surface area (Å²) in [6, 6.07) is 0.624. The van der Waals surface area contributed by atoms with Crippen LogP contribution >= 0.6 is 11.8 Å². The first-order valence-corrected chi connectivity index (χ1v) is 5.94. The lowest BCUT2D eigenvalue weighted by molar-refractivity contribution is 0.616. The number of hydrogen-bond acceptors (Lipinski definition) is 3. The summed E-state index contributed by atoms with van der Waals surface area (Å²) in [6.45, 7) is 9.87. The van der Waals surface area contributed by atoms with Gasteiger partial charge in [-0.25, -0.2) is 0 Å². The first kappa shape index (κ1) is 12.3. The number of nitrogens with one attached hydrogen (secondary N) is 2. The molecule has 0 heterocycles. The molecule has 0 saturated carbocycles. The van der Waals surface area contributed by atoms with Crippen molar-refractivity contribution in [3.63, 3.8) is 0 Å². The van der Waals surface area contributed by atoms with Crippen molar-refractivity contribution in [2.75, 3.05) is 31.1 Å². The average Bonchev–Trinajstić information content (AvgIpc) is 2.02. The van der Waals surface area contributed by atoms with E-state index in [1.807, 2.05) is 11.8 Å². The van der Waals surface area contributed by atoms with Crippen molar-refractivity contribution in [2.24, 2.45) is 0 Å². The normalized spacial score (nSPS) is 11.0. The fourth-order valence-corrected chi connectivity index (χ4v) is 1.60. The molecule has 2 nitrogen and oxygen atoms in total. The first-order chi connectivity index (χ1) is 5.77. The molecule has 74 valence electrons. The lowest BCUT2D eigenvalue weighted by Crippen LogP contribution is -2.25. The molecule has 2 N–H and O–H groups in total. The molecule has 12 heavy (non-hydrogen) atoms. The van der Waals surface area contributed by atoms with Crippen LogP contribution < -0.4 is 10.6 Å². The second-order valence-corrected chi connectivity index (χ2v) is 4.30. The van der Waals surface area contributed by atoms with Crippen molar-refractivity contribution >= 4 is 11.8 Å². The third-order valence-electron chi connectivity index (χ3n) is 1.47. The summed E-state index contributed by atoms with van der Waals surface area (Å²) in [6.07, 6.45) is 0. The molecule has 0 aliphatic heterocycles. The molecule has 0 aromatic heterocycles. The molecule has 0 bridgehead atoms. The van der Waals surface area contributed by atoms with Gasteiger partial charge in [-0.1, -0.05) is 20.8 Å². The van der Waals surface area contributed by atoms with E-state index in [9.17, 15) is 0 Å². The van der Waals surface area contributed by atoms with Gasteiger partial charge < -0.3 is 10.6 Å². The summed E-state index contributed by atoms with van der Waals surface area (Å²) in [5, 5.41) is 6.70. The Morgan fingerprint density at radius 2 is 1.83 bits per heavy atom. The second kappa shape index (κ2) is 9.36. The zero-order valence-corrected chi connectivity index (χ0v) is 9.34. The van der Waals surface area contributed by atoms with Gasteiger partial charge in [0, 0.05) is 30.6 Å². The number of hydrogen-bond donors (Lipinski definition) is 2. The second-order valence-electron chi connectivity index (χ2n) is 3.07. The topological polar surface area (TPSA) is 24.1 Å². The molecule has 0 atom stereocenters. The maximum absolute atomic E-state index is 3.40. The average molecular weight is 190 g/mol. The Morgan fingerprint density at radius 1 is 1.17 bits per heavy atom. The summed E-state index contributed by atoms with van der Waals surface area (Å²) < 4.78 is 0. The van der Waals surface area contributed by atoms with Crippen LogP contribution in [0.5, 0.6) is 0 Å². The van der Waals surface area contributed by atoms with E-state index >= 15 is 0 Å². The summed E-state index contributed by atoms with van der Waals surface area (Å²) >= 11 is 2.01. The van der Waals surface area contributed by atoms with Crippen LogP contribution in [0.4, 0.5) is 0 Å². The minimum atomic E-state index is 0.624. The quantitative estimate of drug-likeness (QED) is 0.565. The third kappa shape index (κ3) is 10.3. The van der Waals surface area contributed by atoms with E-state index in [1.165, 1.54) is 11.5 Å². The van der Waals surface area contributed by atoms with E-state index in [1.54, 1.807) is 0 Å². The molecule has 0 aromatic carbocycles. The molecule has 0 aromatic rings. The molecule has 0 aliphatic rings. The predicted octanol–water partition coefficient (Wildman–Crippen LogP) is 1.33. The Bertz CT molecular complexity index is 86.6. The molecule has 0 fully saturated rings. The molecular weight excluding hydrogens is 168 g/mol. The molecule has 0 rings (SSSR count). The van der Waals surface area contributed by atoms with Gasteiger partial charge in [0.15, 0.2) is 0 Å². The maximum atomic E-state index is 3.40. The molecule has 3 heteroatoms. The van der Waals surface area contributed by atoms with E-state index in [0.29, 0.717) is 6.04 Å². The Labute approximate surface area is 80.9 Å². The van der Waals surface area contributed by atoms with Gasteiger partial charge in [-0.2, -0.15) is 11.8 Å². The highest BCUT2D eigenvalue weighted by Gasteiger charge is 1.91. The number of rotatable bonds is 8. The van der Waals surface area contributed by atoms with Crippen LogP contribution in [0.15, 0.2) is 0 Å². The monoisotopic (exact) mass is 190 g/mol. The highest BCUT2D eigenvalue weighted by Crippen LogP contribution is 1.96. The van der Waals surface area contributed by atoms with Gasteiger partial charge in [-0.05, 0) is 6.54 Å². The highest BCUT2D eigenvalue weighted by molar-refractivity contribution is 7.99. The summed E-state index contributed by atoms with van der Waals surface area (Å²) in [4.78, 5) is 0. The van der Waals surface area contributed by atoms with Gasteiger partial charge >= 0.3 is 0 Å². The molecule has 0 unspecified atom stereocenters. The summed E-state index contributed by atoms with van der Waals surface area (Å²) in [5.74, 6) is 2.46. The lowest BCUT2D eigenvalue weighted by Gasteiger charge is -2.07. The van der Waals surface area contributed by atoms with Crippen LogP contribution in [0.3, 0.4) is 0 Å².